The number of carbonyl (C=O) groups excluding carboxylic acids is 2. The lowest BCUT2D eigenvalue weighted by Gasteiger charge is -2.25. The summed E-state index contributed by atoms with van der Waals surface area (Å²) in [4.78, 5) is 25.1. The number of nitrogens with one attached hydrogen (secondary N) is 1. The Morgan fingerprint density at radius 2 is 2.05 bits per heavy atom. The van der Waals surface area contributed by atoms with E-state index in [-0.39, 0.29) is 18.4 Å². The van der Waals surface area contributed by atoms with Gasteiger partial charge in [-0.1, -0.05) is 0 Å². The van der Waals surface area contributed by atoms with Crippen LogP contribution in [0, 0.1) is 0 Å². The van der Waals surface area contributed by atoms with Crippen LogP contribution < -0.4 is 10.1 Å². The molecular formula is C14H18N2O3. The van der Waals surface area contributed by atoms with Crippen LogP contribution in [-0.2, 0) is 9.59 Å². The molecule has 2 amide bonds. The third kappa shape index (κ3) is 3.71. The highest BCUT2D eigenvalue weighted by atomic mass is 16.5. The van der Waals surface area contributed by atoms with E-state index >= 15 is 0 Å². The number of likely N-dealkylation sites (tertiary alicyclic amines) is 1. The van der Waals surface area contributed by atoms with E-state index in [4.69, 9.17) is 4.74 Å². The molecule has 5 heteroatoms. The van der Waals surface area contributed by atoms with Crippen molar-refractivity contribution in [2.24, 2.45) is 0 Å². The smallest absolute Gasteiger partial charge is 0.243 e. The van der Waals surface area contributed by atoms with Gasteiger partial charge in [0.05, 0.1) is 13.7 Å². The number of carbonyl (C=O) groups is 2. The van der Waals surface area contributed by atoms with Gasteiger partial charge in [-0.15, -0.1) is 0 Å². The Balaban J connectivity index is 1.87. The molecule has 2 rings (SSSR count). The standard InChI is InChI=1S/C14H18N2O3/c1-19-12-7-5-11(6-8-12)15-13(17)10-16-9-3-2-4-14(16)18/h5-8H,2-4,9-10H2,1H3,(H,15,17). The highest BCUT2D eigenvalue weighted by molar-refractivity contribution is 5.94. The molecule has 1 aromatic carbocycles. The van der Waals surface area contributed by atoms with Gasteiger partial charge in [0.25, 0.3) is 0 Å². The summed E-state index contributed by atoms with van der Waals surface area (Å²) in [5, 5.41) is 2.77. The van der Waals surface area contributed by atoms with Crippen molar-refractivity contribution in [2.45, 2.75) is 19.3 Å². The van der Waals surface area contributed by atoms with Gasteiger partial charge in [0, 0.05) is 18.7 Å². The van der Waals surface area contributed by atoms with Gasteiger partial charge >= 0.3 is 0 Å². The Kier molecular flexibility index (Phi) is 4.39. The van der Waals surface area contributed by atoms with Gasteiger partial charge in [0.1, 0.15) is 5.75 Å². The lowest BCUT2D eigenvalue weighted by Crippen LogP contribution is -2.40. The average Bonchev–Trinajstić information content (AvgIpc) is 2.42. The zero-order chi connectivity index (χ0) is 13.7. The molecule has 0 aliphatic carbocycles. The van der Waals surface area contributed by atoms with Crippen LogP contribution in [0.5, 0.6) is 5.75 Å². The first-order chi connectivity index (χ1) is 9.19. The SMILES string of the molecule is COc1ccc(NC(=O)CN2CCCCC2=O)cc1. The van der Waals surface area contributed by atoms with Gasteiger partial charge in [-0.2, -0.15) is 0 Å². The van der Waals surface area contributed by atoms with Crippen molar-refractivity contribution in [1.82, 2.24) is 4.90 Å². The number of hydrogen-bond acceptors (Lipinski definition) is 3. The number of benzene rings is 1. The number of amides is 2. The van der Waals surface area contributed by atoms with Crippen LogP contribution in [0.2, 0.25) is 0 Å². The number of methoxy groups -OCH3 is 1. The Morgan fingerprint density at radius 3 is 2.68 bits per heavy atom. The van der Waals surface area contributed by atoms with E-state index in [1.807, 2.05) is 0 Å². The minimum Gasteiger partial charge on any atom is -0.497 e. The lowest BCUT2D eigenvalue weighted by atomic mass is 10.1. The zero-order valence-corrected chi connectivity index (χ0v) is 11.0. The molecular weight excluding hydrogens is 244 g/mol. The summed E-state index contributed by atoms with van der Waals surface area (Å²) in [6.07, 6.45) is 2.45. The van der Waals surface area contributed by atoms with Gasteiger partial charge in [-0.3, -0.25) is 9.59 Å². The molecule has 0 aromatic heterocycles. The molecule has 19 heavy (non-hydrogen) atoms. The predicted octanol–water partition coefficient (Wildman–Crippen LogP) is 1.65. The van der Waals surface area contributed by atoms with Gasteiger partial charge in [0.15, 0.2) is 0 Å². The van der Waals surface area contributed by atoms with Gasteiger partial charge in [0.2, 0.25) is 11.8 Å². The van der Waals surface area contributed by atoms with Gasteiger partial charge < -0.3 is 15.0 Å². The molecule has 0 atom stereocenters. The molecule has 5 nitrogen and oxygen atoms in total. The summed E-state index contributed by atoms with van der Waals surface area (Å²) in [6.45, 7) is 0.805. The summed E-state index contributed by atoms with van der Waals surface area (Å²) < 4.78 is 5.04. The fourth-order valence-corrected chi connectivity index (χ4v) is 2.08. The predicted molar refractivity (Wildman–Crippen MR) is 72.1 cm³/mol. The van der Waals surface area contributed by atoms with Crippen LogP contribution in [-0.4, -0.2) is 36.9 Å². The van der Waals surface area contributed by atoms with Crippen molar-refractivity contribution >= 4 is 17.5 Å². The molecule has 0 saturated carbocycles. The second-order valence-corrected chi connectivity index (χ2v) is 4.55. The normalized spacial score (nSPS) is 15.2. The Morgan fingerprint density at radius 1 is 1.32 bits per heavy atom. The van der Waals surface area contributed by atoms with Crippen LogP contribution in [0.15, 0.2) is 24.3 Å². The van der Waals surface area contributed by atoms with Crippen LogP contribution in [0.1, 0.15) is 19.3 Å². The van der Waals surface area contributed by atoms with E-state index in [2.05, 4.69) is 5.32 Å². The van der Waals surface area contributed by atoms with E-state index in [1.165, 1.54) is 0 Å². The number of hydrogen-bond donors (Lipinski definition) is 1. The minimum atomic E-state index is -0.166. The van der Waals surface area contributed by atoms with Crippen molar-refractivity contribution in [3.05, 3.63) is 24.3 Å². The maximum Gasteiger partial charge on any atom is 0.243 e. The van der Waals surface area contributed by atoms with E-state index in [9.17, 15) is 9.59 Å². The highest BCUT2D eigenvalue weighted by Crippen LogP contribution is 2.15. The number of ether oxygens (including phenoxy) is 1. The fourth-order valence-electron chi connectivity index (χ4n) is 2.08. The van der Waals surface area contributed by atoms with E-state index in [0.717, 1.165) is 18.6 Å². The average molecular weight is 262 g/mol. The fraction of sp³-hybridized carbons (Fsp3) is 0.429. The van der Waals surface area contributed by atoms with Crippen LogP contribution in [0.25, 0.3) is 0 Å². The number of rotatable bonds is 4. The molecule has 1 heterocycles. The Labute approximate surface area is 112 Å². The molecule has 0 bridgehead atoms. The molecule has 1 aromatic rings. The monoisotopic (exact) mass is 262 g/mol. The van der Waals surface area contributed by atoms with E-state index < -0.39 is 0 Å². The Bertz CT molecular complexity index is 456. The third-order valence-electron chi connectivity index (χ3n) is 3.13. The van der Waals surface area contributed by atoms with Crippen molar-refractivity contribution in [1.29, 1.82) is 0 Å². The second kappa shape index (κ2) is 6.22. The summed E-state index contributed by atoms with van der Waals surface area (Å²) in [5.74, 6) is 0.640. The zero-order valence-electron chi connectivity index (χ0n) is 11.0. The maximum atomic E-state index is 11.8. The summed E-state index contributed by atoms with van der Waals surface area (Å²) in [5.41, 5.74) is 0.704. The van der Waals surface area contributed by atoms with E-state index in [1.54, 1.807) is 36.3 Å². The molecule has 102 valence electrons. The van der Waals surface area contributed by atoms with Crippen LogP contribution in [0.4, 0.5) is 5.69 Å². The number of piperidine rings is 1. The highest BCUT2D eigenvalue weighted by Gasteiger charge is 2.20. The van der Waals surface area contributed by atoms with Gasteiger partial charge in [-0.05, 0) is 37.1 Å². The minimum absolute atomic E-state index is 0.0659. The Hall–Kier alpha value is -2.04. The molecule has 0 unspecified atom stereocenters. The maximum absolute atomic E-state index is 11.8. The summed E-state index contributed by atoms with van der Waals surface area (Å²) in [7, 11) is 1.59. The number of nitrogens with zero attached hydrogens (tertiary/aromatic N) is 1. The lowest BCUT2D eigenvalue weighted by molar-refractivity contribution is -0.136. The molecule has 0 spiro atoms. The first kappa shape index (κ1) is 13.4. The molecule has 1 N–H and O–H groups in total. The molecule has 0 radical (unpaired) electrons. The summed E-state index contributed by atoms with van der Waals surface area (Å²) >= 11 is 0. The summed E-state index contributed by atoms with van der Waals surface area (Å²) in [6, 6.07) is 7.10. The molecule has 1 aliphatic heterocycles. The number of anilines is 1. The quantitative estimate of drug-likeness (QED) is 0.897. The van der Waals surface area contributed by atoms with Crippen molar-refractivity contribution in [3.63, 3.8) is 0 Å². The van der Waals surface area contributed by atoms with Crippen molar-refractivity contribution in [2.75, 3.05) is 25.5 Å². The first-order valence-corrected chi connectivity index (χ1v) is 6.41. The third-order valence-corrected chi connectivity index (χ3v) is 3.13. The molecule has 1 saturated heterocycles. The largest absolute Gasteiger partial charge is 0.497 e. The topological polar surface area (TPSA) is 58.6 Å². The second-order valence-electron chi connectivity index (χ2n) is 4.55. The van der Waals surface area contributed by atoms with Crippen LogP contribution >= 0.6 is 0 Å². The van der Waals surface area contributed by atoms with Gasteiger partial charge in [-0.25, -0.2) is 0 Å². The van der Waals surface area contributed by atoms with E-state index in [0.29, 0.717) is 18.7 Å². The molecule has 1 fully saturated rings. The van der Waals surface area contributed by atoms with Crippen molar-refractivity contribution < 1.29 is 14.3 Å². The first-order valence-electron chi connectivity index (χ1n) is 6.41. The van der Waals surface area contributed by atoms with Crippen LogP contribution in [0.3, 0.4) is 0 Å². The molecule has 1 aliphatic rings. The van der Waals surface area contributed by atoms with Crippen molar-refractivity contribution in [3.8, 4) is 5.75 Å².